The fourth-order valence-electron chi connectivity index (χ4n) is 1.15. The Kier molecular flexibility index (Phi) is 15.2. The molecule has 0 aliphatic carbocycles. The van der Waals surface area contributed by atoms with Crippen LogP contribution in [0.5, 0.6) is 0 Å². The van der Waals surface area contributed by atoms with Gasteiger partial charge in [0.2, 0.25) is 0 Å². The van der Waals surface area contributed by atoms with Crippen LogP contribution in [0.15, 0.2) is 0 Å². The largest absolute Gasteiger partial charge is 0.379 e. The van der Waals surface area contributed by atoms with E-state index in [9.17, 15) is 0 Å². The Labute approximate surface area is 107 Å². The van der Waals surface area contributed by atoms with Crippen LogP contribution in [0.25, 0.3) is 0 Å². The molecule has 3 nitrogen and oxygen atoms in total. The Hall–Kier alpha value is 0.610. The number of nitrogens with one attached hydrogen (secondary N) is 1. The van der Waals surface area contributed by atoms with Gasteiger partial charge >= 0.3 is 0 Å². The second kappa shape index (κ2) is 14.6. The summed E-state index contributed by atoms with van der Waals surface area (Å²) in [5.41, 5.74) is 0. The molecule has 1 N–H and O–H groups in total. The molecule has 0 heterocycles. The Morgan fingerprint density at radius 1 is 0.867 bits per heavy atom. The van der Waals surface area contributed by atoms with Gasteiger partial charge in [0.15, 0.2) is 0 Å². The maximum atomic E-state index is 5.45. The lowest BCUT2D eigenvalue weighted by Gasteiger charge is -2.05. The van der Waals surface area contributed by atoms with Gasteiger partial charge in [0.25, 0.3) is 0 Å². The summed E-state index contributed by atoms with van der Waals surface area (Å²) in [4.78, 5) is 0. The molecule has 0 aromatic heterocycles. The van der Waals surface area contributed by atoms with E-state index < -0.39 is 0 Å². The van der Waals surface area contributed by atoms with Crippen LogP contribution in [0, 0.1) is 0 Å². The smallest absolute Gasteiger partial charge is 0.0701 e. The fourth-order valence-corrected chi connectivity index (χ4v) is 1.69. The fraction of sp³-hybridized carbons (Fsp3) is 1.00. The molecule has 0 aliphatic rings. The van der Waals surface area contributed by atoms with Crippen molar-refractivity contribution in [3.05, 3.63) is 0 Å². The molecule has 4 heteroatoms. The highest BCUT2D eigenvalue weighted by Crippen LogP contribution is 2.02. The van der Waals surface area contributed by atoms with Crippen molar-refractivity contribution in [2.75, 3.05) is 44.4 Å². The van der Waals surface area contributed by atoms with E-state index >= 15 is 0 Å². The second-order valence-electron chi connectivity index (χ2n) is 3.43. The topological polar surface area (TPSA) is 30.5 Å². The molecule has 0 radical (unpaired) electrons. The lowest BCUT2D eigenvalue weighted by atomic mass is 10.2. The van der Waals surface area contributed by atoms with Crippen molar-refractivity contribution in [2.45, 2.75) is 25.7 Å². The first-order valence-corrected chi connectivity index (χ1v) is 7.30. The van der Waals surface area contributed by atoms with Gasteiger partial charge in [0.05, 0.1) is 19.8 Å². The number of rotatable bonds is 12. The lowest BCUT2D eigenvalue weighted by molar-refractivity contribution is 0.0478. The maximum Gasteiger partial charge on any atom is 0.0701 e. The highest BCUT2D eigenvalue weighted by molar-refractivity contribution is 14.1. The number of likely N-dealkylation sites (N-methyl/N-ethyl adjacent to an activating group) is 1. The first kappa shape index (κ1) is 15.6. The van der Waals surface area contributed by atoms with E-state index in [0.29, 0.717) is 0 Å². The van der Waals surface area contributed by atoms with Crippen LogP contribution in [0.3, 0.4) is 0 Å². The van der Waals surface area contributed by atoms with Crippen molar-refractivity contribution in [3.8, 4) is 0 Å². The van der Waals surface area contributed by atoms with Crippen molar-refractivity contribution < 1.29 is 9.47 Å². The monoisotopic (exact) mass is 329 g/mol. The summed E-state index contributed by atoms with van der Waals surface area (Å²) in [6.45, 7) is 4.02. The van der Waals surface area contributed by atoms with E-state index in [1.54, 1.807) is 0 Å². The van der Waals surface area contributed by atoms with Crippen molar-refractivity contribution in [3.63, 3.8) is 0 Å². The molecule has 0 rings (SSSR count). The van der Waals surface area contributed by atoms with E-state index in [-0.39, 0.29) is 0 Å². The van der Waals surface area contributed by atoms with Gasteiger partial charge in [0.1, 0.15) is 0 Å². The van der Waals surface area contributed by atoms with Crippen molar-refractivity contribution >= 4 is 22.6 Å². The summed E-state index contributed by atoms with van der Waals surface area (Å²) in [5.74, 6) is 0. The molecule has 0 saturated carbocycles. The van der Waals surface area contributed by atoms with Crippen molar-refractivity contribution in [1.29, 1.82) is 0 Å². The summed E-state index contributed by atoms with van der Waals surface area (Å²) in [6, 6.07) is 0. The Morgan fingerprint density at radius 3 is 2.20 bits per heavy atom. The van der Waals surface area contributed by atoms with Crippen LogP contribution in [-0.4, -0.2) is 44.4 Å². The minimum Gasteiger partial charge on any atom is -0.379 e. The molecule has 15 heavy (non-hydrogen) atoms. The van der Waals surface area contributed by atoms with Gasteiger partial charge in [-0.3, -0.25) is 0 Å². The van der Waals surface area contributed by atoms with Crippen LogP contribution in [-0.2, 0) is 9.47 Å². The molecule has 0 aromatic carbocycles. The zero-order chi connectivity index (χ0) is 11.2. The van der Waals surface area contributed by atoms with Crippen molar-refractivity contribution in [2.24, 2.45) is 0 Å². The van der Waals surface area contributed by atoms with Gasteiger partial charge in [-0.25, -0.2) is 0 Å². The highest BCUT2D eigenvalue weighted by atomic mass is 127. The van der Waals surface area contributed by atoms with Crippen LogP contribution >= 0.6 is 22.6 Å². The molecule has 0 aromatic rings. The SMILES string of the molecule is CNCCOCCOCCCCCCI. The molecule has 0 aliphatic heterocycles. The number of unbranched alkanes of at least 4 members (excludes halogenated alkanes) is 3. The first-order valence-electron chi connectivity index (χ1n) is 5.78. The highest BCUT2D eigenvalue weighted by Gasteiger charge is 1.91. The molecule has 0 saturated heterocycles. The van der Waals surface area contributed by atoms with E-state index in [1.165, 1.54) is 30.1 Å². The standard InChI is InChI=1S/C11H24INO2/c1-13-7-9-15-11-10-14-8-5-3-2-4-6-12/h13H,2-11H2,1H3. The number of halogens is 1. The zero-order valence-corrected chi connectivity index (χ0v) is 11.9. The predicted molar refractivity (Wildman–Crippen MR) is 72.9 cm³/mol. The number of hydrogen-bond donors (Lipinski definition) is 1. The minimum absolute atomic E-state index is 0.718. The van der Waals surface area contributed by atoms with E-state index in [0.717, 1.165) is 33.0 Å². The third-order valence-corrected chi connectivity index (χ3v) is 2.80. The second-order valence-corrected chi connectivity index (χ2v) is 4.51. The van der Waals surface area contributed by atoms with Crippen LogP contribution in [0.2, 0.25) is 0 Å². The quantitative estimate of drug-likeness (QED) is 0.338. The Balaban J connectivity index is 2.81. The average molecular weight is 329 g/mol. The molecule has 92 valence electrons. The first-order chi connectivity index (χ1) is 7.41. The number of alkyl halides is 1. The number of hydrogen-bond acceptors (Lipinski definition) is 3. The van der Waals surface area contributed by atoms with Crippen LogP contribution < -0.4 is 5.32 Å². The summed E-state index contributed by atoms with van der Waals surface area (Å²) in [5, 5.41) is 3.03. The lowest BCUT2D eigenvalue weighted by Crippen LogP contribution is -2.16. The van der Waals surface area contributed by atoms with Crippen LogP contribution in [0.4, 0.5) is 0 Å². The third-order valence-electron chi connectivity index (χ3n) is 2.04. The normalized spacial score (nSPS) is 10.8. The average Bonchev–Trinajstić information content (AvgIpc) is 2.26. The molecular weight excluding hydrogens is 305 g/mol. The third kappa shape index (κ3) is 14.6. The number of ether oxygens (including phenoxy) is 2. The summed E-state index contributed by atoms with van der Waals surface area (Å²) in [7, 11) is 1.93. The van der Waals surface area contributed by atoms with E-state index in [1.807, 2.05) is 7.05 Å². The van der Waals surface area contributed by atoms with Gasteiger partial charge in [-0.1, -0.05) is 35.4 Å². The summed E-state index contributed by atoms with van der Waals surface area (Å²) >= 11 is 2.42. The minimum atomic E-state index is 0.718. The summed E-state index contributed by atoms with van der Waals surface area (Å²) < 4.78 is 12.1. The summed E-state index contributed by atoms with van der Waals surface area (Å²) in [6.07, 6.45) is 5.16. The molecule has 0 fully saturated rings. The van der Waals surface area contributed by atoms with Gasteiger partial charge in [0, 0.05) is 13.2 Å². The van der Waals surface area contributed by atoms with Gasteiger partial charge in [-0.05, 0) is 24.3 Å². The zero-order valence-electron chi connectivity index (χ0n) is 9.77. The molecule has 0 bridgehead atoms. The maximum absolute atomic E-state index is 5.45. The molecule has 0 unspecified atom stereocenters. The molecule has 0 atom stereocenters. The van der Waals surface area contributed by atoms with Gasteiger partial charge in [-0.15, -0.1) is 0 Å². The molecule has 0 amide bonds. The Bertz CT molecular complexity index is 103. The van der Waals surface area contributed by atoms with E-state index in [2.05, 4.69) is 27.9 Å². The molecule has 0 spiro atoms. The Morgan fingerprint density at radius 2 is 1.53 bits per heavy atom. The van der Waals surface area contributed by atoms with E-state index in [4.69, 9.17) is 9.47 Å². The van der Waals surface area contributed by atoms with Crippen LogP contribution in [0.1, 0.15) is 25.7 Å². The van der Waals surface area contributed by atoms with Gasteiger partial charge < -0.3 is 14.8 Å². The predicted octanol–water partition coefficient (Wildman–Crippen LogP) is 2.23. The molecular formula is C11H24INO2. The van der Waals surface area contributed by atoms with Gasteiger partial charge in [-0.2, -0.15) is 0 Å². The van der Waals surface area contributed by atoms with Crippen molar-refractivity contribution in [1.82, 2.24) is 5.32 Å².